The second-order valence-electron chi connectivity index (χ2n) is 6.30. The van der Waals surface area contributed by atoms with Gasteiger partial charge in [-0.1, -0.05) is 47.6 Å². The summed E-state index contributed by atoms with van der Waals surface area (Å²) in [7, 11) is 1.24. The monoisotopic (exact) mass is 396 g/mol. The minimum atomic E-state index is -0.881. The minimum Gasteiger partial charge on any atom is -0.467 e. The summed E-state index contributed by atoms with van der Waals surface area (Å²) in [6.45, 7) is -0.517. The van der Waals surface area contributed by atoms with Crippen LogP contribution in [-0.2, 0) is 36.7 Å². The van der Waals surface area contributed by atoms with Crippen LogP contribution in [0.2, 0.25) is 0 Å². The molecule has 1 unspecified atom stereocenters. The van der Waals surface area contributed by atoms with Gasteiger partial charge in [-0.15, -0.1) is 0 Å². The van der Waals surface area contributed by atoms with Crippen LogP contribution in [0.1, 0.15) is 11.3 Å². The molecule has 0 aliphatic carbocycles. The molecular weight excluding hydrogens is 376 g/mol. The first kappa shape index (κ1) is 20.1. The highest BCUT2D eigenvalue weighted by Gasteiger charge is 2.23. The molecule has 1 atom stereocenters. The van der Waals surface area contributed by atoms with Crippen molar-refractivity contribution in [2.24, 2.45) is 0 Å². The number of carbonyl (C=O) groups is 3. The van der Waals surface area contributed by atoms with Crippen LogP contribution in [0.4, 0.5) is 0 Å². The largest absolute Gasteiger partial charge is 0.467 e. The lowest BCUT2D eigenvalue weighted by molar-refractivity contribution is -0.149. The molecule has 3 rings (SSSR count). The number of hydrogen-bond acceptors (Lipinski definition) is 7. The number of fused-ring (bicyclic) bond motifs is 1. The lowest BCUT2D eigenvalue weighted by Gasteiger charge is -2.16. The number of ether oxygens (including phenoxy) is 2. The lowest BCUT2D eigenvalue weighted by atomic mass is 10.1. The van der Waals surface area contributed by atoms with E-state index in [1.807, 2.05) is 36.4 Å². The van der Waals surface area contributed by atoms with Gasteiger partial charge in [0.05, 0.1) is 13.5 Å². The van der Waals surface area contributed by atoms with Crippen LogP contribution >= 0.6 is 0 Å². The van der Waals surface area contributed by atoms with Gasteiger partial charge in [0.15, 0.2) is 12.2 Å². The van der Waals surface area contributed by atoms with Gasteiger partial charge in [0.25, 0.3) is 5.91 Å². The highest BCUT2D eigenvalue weighted by Crippen LogP contribution is 2.18. The van der Waals surface area contributed by atoms with E-state index in [-0.39, 0.29) is 12.8 Å². The van der Waals surface area contributed by atoms with E-state index in [0.29, 0.717) is 16.7 Å². The zero-order valence-corrected chi connectivity index (χ0v) is 15.8. The van der Waals surface area contributed by atoms with Crippen LogP contribution in [-0.4, -0.2) is 42.8 Å². The summed E-state index contributed by atoms with van der Waals surface area (Å²) in [6.07, 6.45) is 0.132. The number of esters is 2. The highest BCUT2D eigenvalue weighted by atomic mass is 16.5. The van der Waals surface area contributed by atoms with Crippen molar-refractivity contribution in [3.8, 4) is 0 Å². The van der Waals surface area contributed by atoms with E-state index in [2.05, 4.69) is 10.5 Å². The van der Waals surface area contributed by atoms with Gasteiger partial charge < -0.3 is 19.3 Å². The van der Waals surface area contributed by atoms with E-state index in [9.17, 15) is 14.4 Å². The van der Waals surface area contributed by atoms with Crippen LogP contribution < -0.4 is 5.32 Å². The highest BCUT2D eigenvalue weighted by molar-refractivity contribution is 5.87. The molecule has 0 saturated heterocycles. The van der Waals surface area contributed by atoms with Gasteiger partial charge >= 0.3 is 11.9 Å². The second kappa shape index (κ2) is 9.50. The smallest absolute Gasteiger partial charge is 0.328 e. The molecule has 0 radical (unpaired) electrons. The molecule has 0 aliphatic rings. The molecule has 1 aromatic heterocycles. The summed E-state index contributed by atoms with van der Waals surface area (Å²) in [5.41, 5.74) is 1.86. The zero-order chi connectivity index (χ0) is 20.6. The van der Waals surface area contributed by atoms with Crippen LogP contribution in [0.25, 0.3) is 11.0 Å². The average Bonchev–Trinajstić information content (AvgIpc) is 3.15. The molecule has 0 bridgehead atoms. The van der Waals surface area contributed by atoms with Crippen molar-refractivity contribution in [3.05, 3.63) is 65.9 Å². The maximum Gasteiger partial charge on any atom is 0.328 e. The summed E-state index contributed by atoms with van der Waals surface area (Å²) in [4.78, 5) is 36.2. The Labute approximate surface area is 166 Å². The van der Waals surface area contributed by atoms with E-state index < -0.39 is 30.5 Å². The summed E-state index contributed by atoms with van der Waals surface area (Å²) in [6, 6.07) is 15.4. The second-order valence-corrected chi connectivity index (χ2v) is 6.30. The van der Waals surface area contributed by atoms with Gasteiger partial charge in [-0.3, -0.25) is 9.59 Å². The van der Waals surface area contributed by atoms with Crippen molar-refractivity contribution in [3.63, 3.8) is 0 Å². The van der Waals surface area contributed by atoms with Crippen LogP contribution in [0.3, 0.4) is 0 Å². The Bertz CT molecular complexity index is 999. The van der Waals surface area contributed by atoms with Crippen LogP contribution in [0.15, 0.2) is 59.1 Å². The third-order valence-corrected chi connectivity index (χ3v) is 4.23. The summed E-state index contributed by atoms with van der Waals surface area (Å²) in [5, 5.41) is 7.10. The standard InChI is InChI=1S/C21H20N2O6/c1-27-21(26)17(11-14-7-3-2-4-8-14)22-19(24)13-28-20(25)12-16-15-9-5-6-10-18(15)29-23-16/h2-10,17H,11-13H2,1H3,(H,22,24). The Kier molecular flexibility index (Phi) is 6.57. The van der Waals surface area contributed by atoms with Crippen molar-refractivity contribution in [2.75, 3.05) is 13.7 Å². The number of benzene rings is 2. The van der Waals surface area contributed by atoms with Gasteiger partial charge in [0.1, 0.15) is 11.7 Å². The minimum absolute atomic E-state index is 0.130. The summed E-state index contributed by atoms with van der Waals surface area (Å²) in [5.74, 6) is -1.81. The van der Waals surface area contributed by atoms with E-state index in [1.54, 1.807) is 18.2 Å². The van der Waals surface area contributed by atoms with Crippen LogP contribution in [0, 0.1) is 0 Å². The molecule has 150 valence electrons. The number of nitrogens with one attached hydrogen (secondary N) is 1. The third kappa shape index (κ3) is 5.41. The first-order valence-electron chi connectivity index (χ1n) is 8.97. The molecule has 29 heavy (non-hydrogen) atoms. The molecule has 1 heterocycles. The van der Waals surface area contributed by atoms with Crippen LogP contribution in [0.5, 0.6) is 0 Å². The van der Waals surface area contributed by atoms with Crippen molar-refractivity contribution in [2.45, 2.75) is 18.9 Å². The Balaban J connectivity index is 1.53. The Morgan fingerprint density at radius 2 is 1.79 bits per heavy atom. The van der Waals surface area contributed by atoms with Gasteiger partial charge in [0.2, 0.25) is 0 Å². The third-order valence-electron chi connectivity index (χ3n) is 4.23. The fourth-order valence-corrected chi connectivity index (χ4v) is 2.82. The first-order valence-corrected chi connectivity index (χ1v) is 8.97. The van der Waals surface area contributed by atoms with E-state index in [4.69, 9.17) is 14.0 Å². The van der Waals surface area contributed by atoms with Gasteiger partial charge in [0, 0.05) is 11.8 Å². The fourth-order valence-electron chi connectivity index (χ4n) is 2.82. The molecule has 8 nitrogen and oxygen atoms in total. The molecule has 0 fully saturated rings. The Morgan fingerprint density at radius 1 is 1.07 bits per heavy atom. The molecule has 1 amide bonds. The van der Waals surface area contributed by atoms with Crippen molar-refractivity contribution in [1.82, 2.24) is 10.5 Å². The van der Waals surface area contributed by atoms with E-state index >= 15 is 0 Å². The number of methoxy groups -OCH3 is 1. The zero-order valence-electron chi connectivity index (χ0n) is 15.8. The van der Waals surface area contributed by atoms with E-state index in [1.165, 1.54) is 7.11 Å². The maximum absolute atomic E-state index is 12.2. The Morgan fingerprint density at radius 3 is 2.55 bits per heavy atom. The fraction of sp³-hybridized carbons (Fsp3) is 0.238. The summed E-state index contributed by atoms with van der Waals surface area (Å²) < 4.78 is 14.9. The molecular formula is C21H20N2O6. The van der Waals surface area contributed by atoms with Crippen molar-refractivity contribution in [1.29, 1.82) is 0 Å². The quantitative estimate of drug-likeness (QED) is 0.579. The van der Waals surface area contributed by atoms with Gasteiger partial charge in [-0.2, -0.15) is 0 Å². The number of aromatic nitrogens is 1. The SMILES string of the molecule is COC(=O)C(Cc1ccccc1)NC(=O)COC(=O)Cc1noc2ccccc12. The number of para-hydroxylation sites is 1. The van der Waals surface area contributed by atoms with Crippen molar-refractivity contribution >= 4 is 28.8 Å². The average molecular weight is 396 g/mol. The van der Waals surface area contributed by atoms with Crippen molar-refractivity contribution < 1.29 is 28.4 Å². The molecule has 3 aromatic rings. The van der Waals surface area contributed by atoms with Gasteiger partial charge in [-0.05, 0) is 17.7 Å². The predicted molar refractivity (Wildman–Crippen MR) is 103 cm³/mol. The normalized spacial score (nSPS) is 11.6. The molecule has 0 saturated carbocycles. The Hall–Kier alpha value is -3.68. The molecule has 8 heteroatoms. The number of nitrogens with zero attached hydrogens (tertiary/aromatic N) is 1. The predicted octanol–water partition coefficient (Wildman–Crippen LogP) is 1.81. The molecule has 0 spiro atoms. The molecule has 2 aromatic carbocycles. The number of carbonyl (C=O) groups excluding carboxylic acids is 3. The maximum atomic E-state index is 12.2. The topological polar surface area (TPSA) is 108 Å². The number of amides is 1. The summed E-state index contributed by atoms with van der Waals surface area (Å²) >= 11 is 0. The molecule has 1 N–H and O–H groups in total. The van der Waals surface area contributed by atoms with Gasteiger partial charge in [-0.25, -0.2) is 4.79 Å². The first-order chi connectivity index (χ1) is 14.1. The lowest BCUT2D eigenvalue weighted by Crippen LogP contribution is -2.44. The number of rotatable bonds is 8. The molecule has 0 aliphatic heterocycles. The van der Waals surface area contributed by atoms with E-state index in [0.717, 1.165) is 5.56 Å². The number of hydrogen-bond donors (Lipinski definition) is 1.